The van der Waals surface area contributed by atoms with E-state index in [2.05, 4.69) is 13.0 Å². The number of rotatable bonds is 4. The molecule has 2 saturated heterocycles. The molecule has 2 aliphatic rings. The number of benzene rings is 1. The van der Waals surface area contributed by atoms with Crippen LogP contribution < -0.4 is 0 Å². The molecule has 5 nitrogen and oxygen atoms in total. The predicted molar refractivity (Wildman–Crippen MR) is 97.3 cm³/mol. The van der Waals surface area contributed by atoms with Crippen LogP contribution in [0.15, 0.2) is 40.8 Å². The van der Waals surface area contributed by atoms with Gasteiger partial charge in [-0.1, -0.05) is 19.1 Å². The fraction of sp³-hybridized carbons (Fsp3) is 0.476. The molecule has 1 aromatic carbocycles. The molecule has 2 atom stereocenters. The first-order chi connectivity index (χ1) is 12.8. The lowest BCUT2D eigenvalue weighted by molar-refractivity contribution is -0.00901. The van der Waals surface area contributed by atoms with Crippen molar-refractivity contribution in [3.8, 4) is 0 Å². The van der Waals surface area contributed by atoms with E-state index < -0.39 is 0 Å². The quantitative estimate of drug-likeness (QED) is 0.841. The van der Waals surface area contributed by atoms with E-state index in [4.69, 9.17) is 13.9 Å². The first kappa shape index (κ1) is 17.3. The number of hydrogen-bond acceptors (Lipinski definition) is 4. The van der Waals surface area contributed by atoms with Gasteiger partial charge in [0.1, 0.15) is 17.6 Å². The Morgan fingerprint density at radius 3 is 2.81 bits per heavy atom. The summed E-state index contributed by atoms with van der Waals surface area (Å²) in [6.45, 7) is 5.19. The maximum absolute atomic E-state index is 13.2. The maximum atomic E-state index is 13.2. The highest BCUT2D eigenvalue weighted by Gasteiger charge is 2.32. The standard InChI is InChI=1S/C21H25NO4/c1-2-18-6-7-20(26-18)19-14-25-11-9-22(19)21(23)16-5-3-4-15(12-16)17-8-10-24-13-17/h3-7,12,17,19H,2,8-11,13-14H2,1H3. The number of carbonyl (C=O) groups excluding carboxylic acids is 1. The summed E-state index contributed by atoms with van der Waals surface area (Å²) in [6.07, 6.45) is 1.86. The highest BCUT2D eigenvalue weighted by Crippen LogP contribution is 2.30. The zero-order valence-electron chi connectivity index (χ0n) is 15.1. The van der Waals surface area contributed by atoms with Crippen LogP contribution in [0.5, 0.6) is 0 Å². The van der Waals surface area contributed by atoms with Crippen LogP contribution in [0.3, 0.4) is 0 Å². The van der Waals surface area contributed by atoms with Gasteiger partial charge >= 0.3 is 0 Å². The Hall–Kier alpha value is -2.11. The van der Waals surface area contributed by atoms with Gasteiger partial charge in [0.05, 0.1) is 19.8 Å². The third kappa shape index (κ3) is 3.41. The van der Waals surface area contributed by atoms with Gasteiger partial charge in [-0.05, 0) is 36.2 Å². The molecular formula is C21H25NO4. The monoisotopic (exact) mass is 355 g/mol. The van der Waals surface area contributed by atoms with Crippen LogP contribution in [-0.2, 0) is 15.9 Å². The van der Waals surface area contributed by atoms with Gasteiger partial charge in [0, 0.05) is 31.1 Å². The zero-order chi connectivity index (χ0) is 17.9. The molecule has 2 aliphatic heterocycles. The molecule has 0 bridgehead atoms. The van der Waals surface area contributed by atoms with E-state index in [9.17, 15) is 4.79 Å². The minimum Gasteiger partial charge on any atom is -0.464 e. The lowest BCUT2D eigenvalue weighted by atomic mass is 9.96. The van der Waals surface area contributed by atoms with Gasteiger partial charge in [0.2, 0.25) is 0 Å². The number of hydrogen-bond donors (Lipinski definition) is 0. The van der Waals surface area contributed by atoms with Crippen molar-refractivity contribution in [1.82, 2.24) is 4.90 Å². The van der Waals surface area contributed by atoms with E-state index in [0.717, 1.165) is 43.1 Å². The second kappa shape index (κ2) is 7.64. The van der Waals surface area contributed by atoms with E-state index in [-0.39, 0.29) is 11.9 Å². The molecule has 2 fully saturated rings. The summed E-state index contributed by atoms with van der Waals surface area (Å²) in [6, 6.07) is 11.8. The second-order valence-electron chi connectivity index (χ2n) is 6.93. The van der Waals surface area contributed by atoms with E-state index >= 15 is 0 Å². The fourth-order valence-corrected chi connectivity index (χ4v) is 3.73. The molecule has 2 aromatic rings. The Labute approximate surface area is 153 Å². The lowest BCUT2D eigenvalue weighted by Crippen LogP contribution is -2.43. The van der Waals surface area contributed by atoms with Gasteiger partial charge in [-0.3, -0.25) is 4.79 Å². The van der Waals surface area contributed by atoms with Crippen LogP contribution in [0.4, 0.5) is 0 Å². The molecule has 5 heteroatoms. The Bertz CT molecular complexity index is 763. The number of nitrogens with zero attached hydrogens (tertiary/aromatic N) is 1. The minimum absolute atomic E-state index is 0.0357. The lowest BCUT2D eigenvalue weighted by Gasteiger charge is -2.34. The summed E-state index contributed by atoms with van der Waals surface area (Å²) >= 11 is 0. The van der Waals surface area contributed by atoms with E-state index in [0.29, 0.717) is 25.7 Å². The molecule has 2 unspecified atom stereocenters. The summed E-state index contributed by atoms with van der Waals surface area (Å²) in [5.74, 6) is 2.16. The number of carbonyl (C=O) groups is 1. The Morgan fingerprint density at radius 2 is 2.04 bits per heavy atom. The Kier molecular flexibility index (Phi) is 5.09. The molecule has 0 radical (unpaired) electrons. The second-order valence-corrected chi connectivity index (χ2v) is 6.93. The number of morpholine rings is 1. The molecule has 0 spiro atoms. The summed E-state index contributed by atoms with van der Waals surface area (Å²) in [4.78, 5) is 15.1. The first-order valence-corrected chi connectivity index (χ1v) is 9.41. The predicted octanol–water partition coefficient (Wildman–Crippen LogP) is 3.56. The van der Waals surface area contributed by atoms with Gasteiger partial charge in [-0.25, -0.2) is 0 Å². The molecule has 1 aromatic heterocycles. The van der Waals surface area contributed by atoms with Crippen molar-refractivity contribution in [3.05, 3.63) is 59.0 Å². The number of aryl methyl sites for hydroxylation is 1. The molecule has 0 saturated carbocycles. The third-order valence-corrected chi connectivity index (χ3v) is 5.28. The molecule has 1 amide bonds. The molecule has 4 rings (SSSR count). The van der Waals surface area contributed by atoms with Crippen molar-refractivity contribution in [2.75, 3.05) is 33.0 Å². The molecule has 0 N–H and O–H groups in total. The van der Waals surface area contributed by atoms with Crippen molar-refractivity contribution < 1.29 is 18.7 Å². The zero-order valence-corrected chi connectivity index (χ0v) is 15.1. The van der Waals surface area contributed by atoms with Crippen molar-refractivity contribution in [2.24, 2.45) is 0 Å². The highest BCUT2D eigenvalue weighted by molar-refractivity contribution is 5.94. The highest BCUT2D eigenvalue weighted by atomic mass is 16.5. The van der Waals surface area contributed by atoms with E-state index in [1.54, 1.807) is 0 Å². The average Bonchev–Trinajstić information content (AvgIpc) is 3.39. The van der Waals surface area contributed by atoms with Crippen LogP contribution in [0.25, 0.3) is 0 Å². The van der Waals surface area contributed by atoms with Crippen molar-refractivity contribution >= 4 is 5.91 Å². The first-order valence-electron chi connectivity index (χ1n) is 9.41. The summed E-state index contributed by atoms with van der Waals surface area (Å²) in [7, 11) is 0. The summed E-state index contributed by atoms with van der Waals surface area (Å²) in [5.41, 5.74) is 1.91. The summed E-state index contributed by atoms with van der Waals surface area (Å²) in [5, 5.41) is 0. The SMILES string of the molecule is CCc1ccc(C2COCCN2C(=O)c2cccc(C3CCOC3)c2)o1. The van der Waals surface area contributed by atoms with Crippen LogP contribution in [0, 0.1) is 0 Å². The average molecular weight is 355 g/mol. The fourth-order valence-electron chi connectivity index (χ4n) is 3.73. The molecule has 26 heavy (non-hydrogen) atoms. The largest absolute Gasteiger partial charge is 0.464 e. The van der Waals surface area contributed by atoms with Crippen molar-refractivity contribution in [2.45, 2.75) is 31.7 Å². The number of furan rings is 1. The smallest absolute Gasteiger partial charge is 0.254 e. The number of amides is 1. The van der Waals surface area contributed by atoms with Gasteiger partial charge in [0.25, 0.3) is 5.91 Å². The van der Waals surface area contributed by atoms with Crippen LogP contribution >= 0.6 is 0 Å². The molecule has 138 valence electrons. The topological polar surface area (TPSA) is 51.9 Å². The molecule has 0 aliphatic carbocycles. The van der Waals surface area contributed by atoms with Gasteiger partial charge in [-0.2, -0.15) is 0 Å². The molecular weight excluding hydrogens is 330 g/mol. The van der Waals surface area contributed by atoms with E-state index in [1.165, 1.54) is 5.56 Å². The van der Waals surface area contributed by atoms with E-state index in [1.807, 2.05) is 35.2 Å². The third-order valence-electron chi connectivity index (χ3n) is 5.28. The van der Waals surface area contributed by atoms with Crippen molar-refractivity contribution in [3.63, 3.8) is 0 Å². The Balaban J connectivity index is 1.58. The van der Waals surface area contributed by atoms with Gasteiger partial charge in [0.15, 0.2) is 0 Å². The van der Waals surface area contributed by atoms with Gasteiger partial charge < -0.3 is 18.8 Å². The van der Waals surface area contributed by atoms with Crippen LogP contribution in [-0.4, -0.2) is 43.8 Å². The minimum atomic E-state index is -0.171. The number of ether oxygens (including phenoxy) is 2. The summed E-state index contributed by atoms with van der Waals surface area (Å²) < 4.78 is 17.0. The van der Waals surface area contributed by atoms with Crippen LogP contribution in [0.1, 0.15) is 52.7 Å². The van der Waals surface area contributed by atoms with Crippen LogP contribution in [0.2, 0.25) is 0 Å². The Morgan fingerprint density at radius 1 is 1.15 bits per heavy atom. The normalized spacial score (nSPS) is 23.3. The van der Waals surface area contributed by atoms with Gasteiger partial charge in [-0.15, -0.1) is 0 Å². The maximum Gasteiger partial charge on any atom is 0.254 e. The van der Waals surface area contributed by atoms with Crippen molar-refractivity contribution in [1.29, 1.82) is 0 Å². The molecule has 3 heterocycles.